The van der Waals surface area contributed by atoms with Crippen LogP contribution in [0.3, 0.4) is 0 Å². The minimum absolute atomic E-state index is 0.409. The molecule has 3 heteroatoms. The van der Waals surface area contributed by atoms with Crippen LogP contribution in [0.4, 0.5) is 0 Å². The van der Waals surface area contributed by atoms with Crippen molar-refractivity contribution in [2.45, 2.75) is 44.2 Å². The van der Waals surface area contributed by atoms with E-state index in [2.05, 4.69) is 6.92 Å². The number of fused-ring (bicyclic) bond motifs is 3. The number of hydrogen-bond donors (Lipinski definition) is 1. The van der Waals surface area contributed by atoms with E-state index in [0.29, 0.717) is 36.3 Å². The third kappa shape index (κ3) is 1.07. The summed E-state index contributed by atoms with van der Waals surface area (Å²) in [5.74, 6) is 1.23. The van der Waals surface area contributed by atoms with Crippen LogP contribution in [-0.4, -0.2) is 31.0 Å². The quantitative estimate of drug-likeness (QED) is 0.649. The van der Waals surface area contributed by atoms with Crippen LogP contribution in [0.25, 0.3) is 0 Å². The Morgan fingerprint density at radius 2 is 1.62 bits per heavy atom. The maximum Gasteiger partial charge on any atom is 0.113 e. The molecule has 6 unspecified atom stereocenters. The van der Waals surface area contributed by atoms with Crippen molar-refractivity contribution >= 4 is 0 Å². The largest absolute Gasteiger partial charge is 0.366 e. The van der Waals surface area contributed by atoms with Gasteiger partial charge in [0.25, 0.3) is 0 Å². The summed E-state index contributed by atoms with van der Waals surface area (Å²) >= 11 is 0. The lowest BCUT2D eigenvalue weighted by Gasteiger charge is -2.25. The minimum Gasteiger partial charge on any atom is -0.366 e. The maximum absolute atomic E-state index is 5.79. The first-order valence-corrected chi connectivity index (χ1v) is 5.37. The molecular weight excluding hydrogens is 166 g/mol. The molecule has 1 aliphatic carbocycles. The monoisotopic (exact) mass is 183 g/mol. The molecule has 0 spiro atoms. The van der Waals surface area contributed by atoms with Gasteiger partial charge < -0.3 is 15.2 Å². The number of ether oxygens (including phenoxy) is 2. The zero-order chi connectivity index (χ0) is 9.00. The summed E-state index contributed by atoms with van der Waals surface area (Å²) in [7, 11) is 0. The van der Waals surface area contributed by atoms with E-state index in [1.165, 1.54) is 12.8 Å². The Labute approximate surface area is 78.6 Å². The number of hydrogen-bond acceptors (Lipinski definition) is 3. The molecule has 2 N–H and O–H groups in total. The summed E-state index contributed by atoms with van der Waals surface area (Å²) in [5, 5.41) is 0. The lowest BCUT2D eigenvalue weighted by molar-refractivity contribution is 0.192. The molecule has 0 aromatic rings. The summed E-state index contributed by atoms with van der Waals surface area (Å²) < 4.78 is 11.3. The molecule has 2 heterocycles. The highest BCUT2D eigenvalue weighted by atomic mass is 16.7. The highest BCUT2D eigenvalue weighted by molar-refractivity contribution is 5.14. The Morgan fingerprint density at radius 3 is 2.15 bits per heavy atom. The summed E-state index contributed by atoms with van der Waals surface area (Å²) in [6.07, 6.45) is 4.24. The van der Waals surface area contributed by atoms with E-state index < -0.39 is 0 Å². The molecule has 2 aliphatic heterocycles. The van der Waals surface area contributed by atoms with E-state index in [1.54, 1.807) is 0 Å². The SMILES string of the molecule is CCCC1C(CN)C2OC2C2OC12. The topological polar surface area (TPSA) is 51.1 Å². The molecular formula is C10H17NO2. The van der Waals surface area contributed by atoms with Gasteiger partial charge in [0.15, 0.2) is 0 Å². The van der Waals surface area contributed by atoms with Gasteiger partial charge in [0.2, 0.25) is 0 Å². The number of rotatable bonds is 3. The van der Waals surface area contributed by atoms with E-state index in [0.717, 1.165) is 6.54 Å². The van der Waals surface area contributed by atoms with Gasteiger partial charge in [-0.15, -0.1) is 0 Å². The molecule has 6 atom stereocenters. The van der Waals surface area contributed by atoms with Crippen molar-refractivity contribution in [3.05, 3.63) is 0 Å². The number of nitrogens with two attached hydrogens (primary N) is 1. The highest BCUT2D eigenvalue weighted by Gasteiger charge is 2.68. The fraction of sp³-hybridized carbons (Fsp3) is 1.00. The molecule has 0 amide bonds. The van der Waals surface area contributed by atoms with E-state index in [1.807, 2.05) is 0 Å². The van der Waals surface area contributed by atoms with Crippen molar-refractivity contribution in [1.82, 2.24) is 0 Å². The van der Waals surface area contributed by atoms with Gasteiger partial charge in [0, 0.05) is 5.92 Å². The van der Waals surface area contributed by atoms with Crippen LogP contribution in [0.5, 0.6) is 0 Å². The Bertz CT molecular complexity index is 221. The molecule has 13 heavy (non-hydrogen) atoms. The van der Waals surface area contributed by atoms with Gasteiger partial charge in [-0.05, 0) is 18.9 Å². The van der Waals surface area contributed by atoms with Gasteiger partial charge in [0.05, 0.1) is 12.2 Å². The molecule has 0 radical (unpaired) electrons. The lowest BCUT2D eigenvalue weighted by atomic mass is 9.77. The van der Waals surface area contributed by atoms with Crippen LogP contribution in [0, 0.1) is 11.8 Å². The molecule has 2 saturated heterocycles. The van der Waals surface area contributed by atoms with Gasteiger partial charge in [-0.3, -0.25) is 0 Å². The highest BCUT2D eigenvalue weighted by Crippen LogP contribution is 2.54. The van der Waals surface area contributed by atoms with E-state index in [9.17, 15) is 0 Å². The lowest BCUT2D eigenvalue weighted by Crippen LogP contribution is -2.37. The Morgan fingerprint density at radius 1 is 1.00 bits per heavy atom. The first-order valence-electron chi connectivity index (χ1n) is 5.37. The third-order valence-corrected chi connectivity index (χ3v) is 3.73. The Kier molecular flexibility index (Phi) is 1.70. The molecule has 3 nitrogen and oxygen atoms in total. The molecule has 3 fully saturated rings. The first kappa shape index (κ1) is 8.21. The van der Waals surface area contributed by atoms with Crippen molar-refractivity contribution in [3.63, 3.8) is 0 Å². The van der Waals surface area contributed by atoms with Crippen molar-refractivity contribution in [2.75, 3.05) is 6.54 Å². The summed E-state index contributed by atoms with van der Waals surface area (Å²) in [4.78, 5) is 0. The smallest absolute Gasteiger partial charge is 0.113 e. The minimum atomic E-state index is 0.409. The summed E-state index contributed by atoms with van der Waals surface area (Å²) in [6, 6.07) is 0. The zero-order valence-corrected chi connectivity index (χ0v) is 7.98. The van der Waals surface area contributed by atoms with Gasteiger partial charge in [-0.1, -0.05) is 13.3 Å². The van der Waals surface area contributed by atoms with Crippen molar-refractivity contribution in [1.29, 1.82) is 0 Å². The zero-order valence-electron chi connectivity index (χ0n) is 7.98. The van der Waals surface area contributed by atoms with Crippen molar-refractivity contribution < 1.29 is 9.47 Å². The molecule has 3 aliphatic rings. The van der Waals surface area contributed by atoms with Gasteiger partial charge >= 0.3 is 0 Å². The molecule has 0 aromatic heterocycles. The second-order valence-electron chi connectivity index (χ2n) is 4.48. The van der Waals surface area contributed by atoms with Crippen LogP contribution in [0.15, 0.2) is 0 Å². The fourth-order valence-corrected chi connectivity index (χ4v) is 3.00. The molecule has 1 saturated carbocycles. The van der Waals surface area contributed by atoms with Crippen LogP contribution in [0.1, 0.15) is 19.8 Å². The normalized spacial score (nSPS) is 56.8. The van der Waals surface area contributed by atoms with Gasteiger partial charge in [-0.25, -0.2) is 0 Å². The number of epoxide rings is 2. The average Bonchev–Trinajstić information content (AvgIpc) is 2.97. The Hall–Kier alpha value is -0.120. The average molecular weight is 183 g/mol. The van der Waals surface area contributed by atoms with E-state index in [-0.39, 0.29) is 0 Å². The second kappa shape index (κ2) is 2.69. The van der Waals surface area contributed by atoms with Crippen LogP contribution < -0.4 is 5.73 Å². The molecule has 0 aromatic carbocycles. The molecule has 74 valence electrons. The van der Waals surface area contributed by atoms with Gasteiger partial charge in [0.1, 0.15) is 12.2 Å². The third-order valence-electron chi connectivity index (χ3n) is 3.73. The molecule has 0 bridgehead atoms. The molecule has 3 rings (SSSR count). The van der Waals surface area contributed by atoms with E-state index in [4.69, 9.17) is 15.2 Å². The first-order chi connectivity index (χ1) is 6.36. The van der Waals surface area contributed by atoms with Crippen LogP contribution >= 0.6 is 0 Å². The second-order valence-corrected chi connectivity index (χ2v) is 4.48. The van der Waals surface area contributed by atoms with Crippen molar-refractivity contribution in [3.8, 4) is 0 Å². The predicted octanol–water partition coefficient (Wildman–Crippen LogP) is 0.526. The van der Waals surface area contributed by atoms with E-state index >= 15 is 0 Å². The maximum atomic E-state index is 5.79. The van der Waals surface area contributed by atoms with Crippen LogP contribution in [0.2, 0.25) is 0 Å². The predicted molar refractivity (Wildman–Crippen MR) is 48.3 cm³/mol. The standard InChI is InChI=1S/C10H17NO2/c1-2-3-5-6(4-11)8-10(13-8)9-7(5)12-9/h5-10H,2-4,11H2,1H3. The van der Waals surface area contributed by atoms with Crippen LogP contribution in [-0.2, 0) is 9.47 Å². The summed E-state index contributed by atoms with van der Waals surface area (Å²) in [5.41, 5.74) is 5.79. The summed E-state index contributed by atoms with van der Waals surface area (Å²) in [6.45, 7) is 2.99. The van der Waals surface area contributed by atoms with Gasteiger partial charge in [-0.2, -0.15) is 0 Å². The fourth-order valence-electron chi connectivity index (χ4n) is 3.00. The Balaban J connectivity index is 1.75. The van der Waals surface area contributed by atoms with Crippen molar-refractivity contribution in [2.24, 2.45) is 17.6 Å².